The Hall–Kier alpha value is -1.85. The van der Waals surface area contributed by atoms with Crippen molar-refractivity contribution in [2.24, 2.45) is 5.73 Å². The third-order valence-corrected chi connectivity index (χ3v) is 2.94. The zero-order valence-corrected chi connectivity index (χ0v) is 10.8. The van der Waals surface area contributed by atoms with Crippen molar-refractivity contribution in [1.29, 1.82) is 0 Å². The summed E-state index contributed by atoms with van der Waals surface area (Å²) in [6.45, 7) is 0. The average Bonchev–Trinajstić information content (AvgIpc) is 2.86. The minimum absolute atomic E-state index is 0.0474. The minimum Gasteiger partial charge on any atom is -0.463 e. The molecule has 1 aromatic carbocycles. The number of benzene rings is 1. The van der Waals surface area contributed by atoms with Crippen molar-refractivity contribution in [3.63, 3.8) is 0 Å². The summed E-state index contributed by atoms with van der Waals surface area (Å²) in [5.74, 6) is -0.653. The zero-order valence-electron chi connectivity index (χ0n) is 10.0. The molecule has 2 rings (SSSR count). The van der Waals surface area contributed by atoms with E-state index >= 15 is 0 Å². The van der Waals surface area contributed by atoms with Crippen LogP contribution in [0, 0.1) is 5.82 Å². The predicted molar refractivity (Wildman–Crippen MR) is 67.5 cm³/mol. The van der Waals surface area contributed by atoms with Gasteiger partial charge in [0.25, 0.3) is 0 Å². The molecule has 19 heavy (non-hydrogen) atoms. The smallest absolute Gasteiger partial charge is 0.373 e. The Morgan fingerprint density at radius 3 is 2.79 bits per heavy atom. The molecule has 2 N–H and O–H groups in total. The fourth-order valence-electron chi connectivity index (χ4n) is 1.64. The topological polar surface area (TPSA) is 65.5 Å². The van der Waals surface area contributed by atoms with E-state index < -0.39 is 17.8 Å². The lowest BCUT2D eigenvalue weighted by Crippen LogP contribution is -2.11. The molecule has 100 valence electrons. The van der Waals surface area contributed by atoms with Crippen LogP contribution in [0.2, 0.25) is 5.02 Å². The van der Waals surface area contributed by atoms with Crippen molar-refractivity contribution in [3.05, 3.63) is 58.3 Å². The molecule has 0 aliphatic rings. The highest BCUT2D eigenvalue weighted by Crippen LogP contribution is 2.28. The van der Waals surface area contributed by atoms with E-state index in [-0.39, 0.29) is 10.8 Å². The molecule has 1 aromatic heterocycles. The molecule has 0 fully saturated rings. The SMILES string of the molecule is COC(=O)c1ccc(C(N)c2ccc(F)cc2Cl)o1. The first kappa shape index (κ1) is 13.6. The maximum atomic E-state index is 13.0. The van der Waals surface area contributed by atoms with Crippen LogP contribution in [-0.2, 0) is 4.74 Å². The first-order chi connectivity index (χ1) is 9.02. The van der Waals surface area contributed by atoms with Gasteiger partial charge in [0, 0.05) is 5.02 Å². The Balaban J connectivity index is 2.31. The maximum absolute atomic E-state index is 13.0. The number of hydrogen-bond donors (Lipinski definition) is 1. The van der Waals surface area contributed by atoms with Crippen LogP contribution in [0.4, 0.5) is 4.39 Å². The average molecular weight is 284 g/mol. The predicted octanol–water partition coefficient (Wildman–Crippen LogP) is 2.91. The van der Waals surface area contributed by atoms with Crippen LogP contribution >= 0.6 is 11.6 Å². The molecule has 1 heterocycles. The second kappa shape index (κ2) is 5.42. The van der Waals surface area contributed by atoms with Gasteiger partial charge in [-0.05, 0) is 29.8 Å². The zero-order chi connectivity index (χ0) is 14.0. The quantitative estimate of drug-likeness (QED) is 0.880. The number of carbonyl (C=O) groups is 1. The third-order valence-electron chi connectivity index (χ3n) is 2.62. The second-order valence-corrected chi connectivity index (χ2v) is 4.24. The van der Waals surface area contributed by atoms with Crippen molar-refractivity contribution in [3.8, 4) is 0 Å². The van der Waals surface area contributed by atoms with Gasteiger partial charge in [0.2, 0.25) is 5.76 Å². The number of ether oxygens (including phenoxy) is 1. The van der Waals surface area contributed by atoms with Crippen LogP contribution in [0.5, 0.6) is 0 Å². The molecule has 0 spiro atoms. The summed E-state index contributed by atoms with van der Waals surface area (Å²) < 4.78 is 22.8. The summed E-state index contributed by atoms with van der Waals surface area (Å²) >= 11 is 5.92. The molecule has 0 amide bonds. The van der Waals surface area contributed by atoms with Crippen LogP contribution in [-0.4, -0.2) is 13.1 Å². The highest BCUT2D eigenvalue weighted by Gasteiger charge is 2.19. The summed E-state index contributed by atoms with van der Waals surface area (Å²) in [4.78, 5) is 11.3. The van der Waals surface area contributed by atoms with E-state index in [9.17, 15) is 9.18 Å². The normalized spacial score (nSPS) is 12.2. The lowest BCUT2D eigenvalue weighted by Gasteiger charge is -2.11. The summed E-state index contributed by atoms with van der Waals surface area (Å²) in [6, 6.07) is 6.22. The molecular formula is C13H11ClFNO3. The van der Waals surface area contributed by atoms with Crippen LogP contribution in [0.3, 0.4) is 0 Å². The van der Waals surface area contributed by atoms with Crippen molar-refractivity contribution >= 4 is 17.6 Å². The van der Waals surface area contributed by atoms with Crippen molar-refractivity contribution < 1.29 is 18.3 Å². The highest BCUT2D eigenvalue weighted by atomic mass is 35.5. The highest BCUT2D eigenvalue weighted by molar-refractivity contribution is 6.31. The van der Waals surface area contributed by atoms with Crippen molar-refractivity contribution in [2.75, 3.05) is 7.11 Å². The maximum Gasteiger partial charge on any atom is 0.373 e. The minimum atomic E-state index is -0.688. The molecule has 1 atom stereocenters. The van der Waals surface area contributed by atoms with E-state index in [0.717, 1.165) is 0 Å². The van der Waals surface area contributed by atoms with Gasteiger partial charge in [0.15, 0.2) is 0 Å². The number of halogens is 2. The van der Waals surface area contributed by atoms with Crippen LogP contribution in [0.1, 0.15) is 27.9 Å². The molecule has 0 saturated heterocycles. The Labute approximate surface area is 113 Å². The van der Waals surface area contributed by atoms with Crippen molar-refractivity contribution in [2.45, 2.75) is 6.04 Å². The number of nitrogens with two attached hydrogens (primary N) is 1. The van der Waals surface area contributed by atoms with Crippen molar-refractivity contribution in [1.82, 2.24) is 0 Å². The molecule has 1 unspecified atom stereocenters. The second-order valence-electron chi connectivity index (χ2n) is 3.84. The van der Waals surface area contributed by atoms with Gasteiger partial charge in [0.1, 0.15) is 11.6 Å². The van der Waals surface area contributed by atoms with Gasteiger partial charge in [-0.2, -0.15) is 0 Å². The molecule has 0 saturated carbocycles. The van der Waals surface area contributed by atoms with Gasteiger partial charge in [-0.15, -0.1) is 0 Å². The molecule has 0 radical (unpaired) electrons. The summed E-state index contributed by atoms with van der Waals surface area (Å²) in [7, 11) is 1.25. The number of hydrogen-bond acceptors (Lipinski definition) is 4. The number of rotatable bonds is 3. The van der Waals surface area contributed by atoms with Crippen LogP contribution in [0.15, 0.2) is 34.7 Å². The number of methoxy groups -OCH3 is 1. The molecule has 0 aliphatic heterocycles. The molecule has 0 bridgehead atoms. The number of esters is 1. The Bertz CT molecular complexity index is 612. The van der Waals surface area contributed by atoms with Crippen LogP contribution in [0.25, 0.3) is 0 Å². The van der Waals surface area contributed by atoms with E-state index in [1.54, 1.807) is 6.07 Å². The van der Waals surface area contributed by atoms with Gasteiger partial charge in [-0.1, -0.05) is 17.7 Å². The Kier molecular flexibility index (Phi) is 3.87. The van der Waals surface area contributed by atoms with Gasteiger partial charge in [-0.25, -0.2) is 9.18 Å². The summed E-state index contributed by atoms with van der Waals surface area (Å²) in [5.41, 5.74) is 6.48. The van der Waals surface area contributed by atoms with Gasteiger partial charge in [0.05, 0.1) is 13.2 Å². The van der Waals surface area contributed by atoms with Gasteiger partial charge >= 0.3 is 5.97 Å². The lowest BCUT2D eigenvalue weighted by molar-refractivity contribution is 0.0562. The summed E-state index contributed by atoms with van der Waals surface area (Å²) in [5, 5.41) is 0.198. The number of furan rings is 1. The Morgan fingerprint density at radius 2 is 2.16 bits per heavy atom. The summed E-state index contributed by atoms with van der Waals surface area (Å²) in [6.07, 6.45) is 0. The van der Waals surface area contributed by atoms with Gasteiger partial charge < -0.3 is 14.9 Å². The van der Waals surface area contributed by atoms with E-state index in [0.29, 0.717) is 11.3 Å². The third kappa shape index (κ3) is 2.77. The van der Waals surface area contributed by atoms with E-state index in [4.69, 9.17) is 21.8 Å². The van der Waals surface area contributed by atoms with Crippen LogP contribution < -0.4 is 5.73 Å². The number of carbonyl (C=O) groups excluding carboxylic acids is 1. The fourth-order valence-corrected chi connectivity index (χ4v) is 1.92. The molecule has 0 aliphatic carbocycles. The van der Waals surface area contributed by atoms with Gasteiger partial charge in [-0.3, -0.25) is 0 Å². The molecule has 2 aromatic rings. The molecule has 4 nitrogen and oxygen atoms in total. The largest absolute Gasteiger partial charge is 0.463 e. The lowest BCUT2D eigenvalue weighted by atomic mass is 10.1. The first-order valence-electron chi connectivity index (χ1n) is 5.41. The monoisotopic (exact) mass is 283 g/mol. The standard InChI is InChI=1S/C13H11ClFNO3/c1-18-13(17)11-5-4-10(19-11)12(16)8-3-2-7(15)6-9(8)14/h2-6,12H,16H2,1H3. The van der Waals surface area contributed by atoms with E-state index in [1.807, 2.05) is 0 Å². The van der Waals surface area contributed by atoms with E-state index in [1.165, 1.54) is 31.4 Å². The molecule has 6 heteroatoms. The first-order valence-corrected chi connectivity index (χ1v) is 5.79. The Morgan fingerprint density at radius 1 is 1.42 bits per heavy atom. The molecular weight excluding hydrogens is 273 g/mol. The van der Waals surface area contributed by atoms with E-state index in [2.05, 4.69) is 4.74 Å². The fraction of sp³-hybridized carbons (Fsp3) is 0.154.